The molecule has 3 heterocycles. The number of nitrogens with zero attached hydrogens (tertiary/aromatic N) is 2. The molecular weight excluding hydrogens is 330 g/mol. The molecule has 5 rings (SSSR count). The number of amides is 1. The van der Waals surface area contributed by atoms with Gasteiger partial charge in [0.15, 0.2) is 11.5 Å². The maximum atomic E-state index is 12.8. The molecule has 1 aromatic rings. The minimum atomic E-state index is -0.272. The Morgan fingerprint density at radius 2 is 1.92 bits per heavy atom. The van der Waals surface area contributed by atoms with Crippen LogP contribution in [0.3, 0.4) is 0 Å². The molecule has 1 amide bonds. The lowest BCUT2D eigenvalue weighted by Crippen LogP contribution is -2.68. The summed E-state index contributed by atoms with van der Waals surface area (Å²) in [6.45, 7) is 6.05. The maximum Gasteiger partial charge on any atom is 0.240 e. The molecule has 4 aliphatic rings. The molecule has 1 saturated carbocycles. The number of nitrogens with one attached hydrogen (secondary N) is 1. The van der Waals surface area contributed by atoms with Gasteiger partial charge in [-0.15, -0.1) is 0 Å². The standard InChI is InChI=1S/C20H27N3O3/c24-19-20(23(10-7-21-19)13-15-1-2-15)5-8-22(9-6-20)12-16-3-4-17-18(11-16)26-14-25-17/h3-4,11,15H,1-2,5-10,12-14H2,(H,21,24). The molecule has 3 aliphatic heterocycles. The smallest absolute Gasteiger partial charge is 0.240 e. The molecule has 3 fully saturated rings. The number of carbonyl (C=O) groups is 1. The van der Waals surface area contributed by atoms with Crippen molar-refractivity contribution in [2.45, 2.75) is 37.8 Å². The molecule has 140 valence electrons. The lowest BCUT2D eigenvalue weighted by molar-refractivity contribution is -0.141. The minimum Gasteiger partial charge on any atom is -0.454 e. The number of hydrogen-bond donors (Lipinski definition) is 1. The fourth-order valence-electron chi connectivity index (χ4n) is 4.63. The van der Waals surface area contributed by atoms with Gasteiger partial charge in [-0.25, -0.2) is 0 Å². The topological polar surface area (TPSA) is 54.0 Å². The van der Waals surface area contributed by atoms with Gasteiger partial charge in [0.1, 0.15) is 5.54 Å². The molecular formula is C20H27N3O3. The van der Waals surface area contributed by atoms with E-state index in [1.807, 2.05) is 6.07 Å². The van der Waals surface area contributed by atoms with Crippen LogP contribution in [-0.4, -0.2) is 60.8 Å². The van der Waals surface area contributed by atoms with Crippen molar-refractivity contribution < 1.29 is 14.3 Å². The Labute approximate surface area is 154 Å². The summed E-state index contributed by atoms with van der Waals surface area (Å²) in [5.74, 6) is 2.76. The van der Waals surface area contributed by atoms with Crippen LogP contribution >= 0.6 is 0 Å². The van der Waals surface area contributed by atoms with Crippen molar-refractivity contribution in [1.29, 1.82) is 0 Å². The number of rotatable bonds is 4. The third kappa shape index (κ3) is 2.95. The summed E-state index contributed by atoms with van der Waals surface area (Å²) in [7, 11) is 0. The van der Waals surface area contributed by atoms with Gasteiger partial charge in [-0.3, -0.25) is 14.6 Å². The van der Waals surface area contributed by atoms with E-state index in [0.29, 0.717) is 6.79 Å². The first-order valence-electron chi connectivity index (χ1n) is 9.87. The fourth-order valence-corrected chi connectivity index (χ4v) is 4.63. The zero-order chi connectivity index (χ0) is 17.6. The van der Waals surface area contributed by atoms with Crippen LogP contribution in [-0.2, 0) is 11.3 Å². The number of likely N-dealkylation sites (tertiary alicyclic amines) is 1. The van der Waals surface area contributed by atoms with Crippen molar-refractivity contribution in [3.05, 3.63) is 23.8 Å². The monoisotopic (exact) mass is 357 g/mol. The molecule has 1 N–H and O–H groups in total. The number of fused-ring (bicyclic) bond motifs is 1. The SMILES string of the molecule is O=C1NCCN(CC2CC2)C12CCN(Cc1ccc3c(c1)OCO3)CC2. The first kappa shape index (κ1) is 16.4. The molecule has 1 aromatic carbocycles. The zero-order valence-corrected chi connectivity index (χ0v) is 15.2. The second-order valence-corrected chi connectivity index (χ2v) is 8.14. The van der Waals surface area contributed by atoms with Crippen molar-refractivity contribution in [2.75, 3.05) is 39.5 Å². The Morgan fingerprint density at radius 1 is 1.12 bits per heavy atom. The number of carbonyl (C=O) groups excluding carboxylic acids is 1. The van der Waals surface area contributed by atoms with E-state index in [2.05, 4.69) is 27.2 Å². The molecule has 0 bridgehead atoms. The highest BCUT2D eigenvalue weighted by molar-refractivity contribution is 5.87. The summed E-state index contributed by atoms with van der Waals surface area (Å²) in [6, 6.07) is 6.19. The Bertz CT molecular complexity index is 696. The van der Waals surface area contributed by atoms with E-state index in [9.17, 15) is 4.79 Å². The number of hydrogen-bond acceptors (Lipinski definition) is 5. The number of piperazine rings is 1. The molecule has 1 spiro atoms. The van der Waals surface area contributed by atoms with Crippen molar-refractivity contribution in [3.63, 3.8) is 0 Å². The lowest BCUT2D eigenvalue weighted by Gasteiger charge is -2.50. The molecule has 0 atom stereocenters. The van der Waals surface area contributed by atoms with Gasteiger partial charge in [0.05, 0.1) is 0 Å². The van der Waals surface area contributed by atoms with Crippen molar-refractivity contribution in [2.24, 2.45) is 5.92 Å². The molecule has 6 nitrogen and oxygen atoms in total. The lowest BCUT2D eigenvalue weighted by atomic mass is 9.82. The van der Waals surface area contributed by atoms with Gasteiger partial charge in [0.2, 0.25) is 12.7 Å². The summed E-state index contributed by atoms with van der Waals surface area (Å²) in [5, 5.41) is 3.13. The van der Waals surface area contributed by atoms with E-state index in [0.717, 1.165) is 69.5 Å². The predicted molar refractivity (Wildman–Crippen MR) is 97.1 cm³/mol. The third-order valence-corrected chi connectivity index (χ3v) is 6.40. The fraction of sp³-hybridized carbons (Fsp3) is 0.650. The summed E-state index contributed by atoms with van der Waals surface area (Å²) in [6.07, 6.45) is 4.53. The van der Waals surface area contributed by atoms with Crippen LogP contribution in [0.1, 0.15) is 31.2 Å². The van der Waals surface area contributed by atoms with E-state index in [-0.39, 0.29) is 11.4 Å². The number of benzene rings is 1. The van der Waals surface area contributed by atoms with E-state index in [1.165, 1.54) is 18.4 Å². The van der Waals surface area contributed by atoms with Gasteiger partial charge in [0.25, 0.3) is 0 Å². The highest BCUT2D eigenvalue weighted by Crippen LogP contribution is 2.38. The highest BCUT2D eigenvalue weighted by Gasteiger charge is 2.48. The molecule has 0 unspecified atom stereocenters. The zero-order valence-electron chi connectivity index (χ0n) is 15.2. The van der Waals surface area contributed by atoms with Crippen molar-refractivity contribution in [3.8, 4) is 11.5 Å². The Morgan fingerprint density at radius 3 is 2.73 bits per heavy atom. The average molecular weight is 357 g/mol. The largest absolute Gasteiger partial charge is 0.454 e. The quantitative estimate of drug-likeness (QED) is 0.887. The van der Waals surface area contributed by atoms with Crippen molar-refractivity contribution >= 4 is 5.91 Å². The average Bonchev–Trinajstić information content (AvgIpc) is 3.35. The first-order chi connectivity index (χ1) is 12.7. The summed E-state index contributed by atoms with van der Waals surface area (Å²) < 4.78 is 10.9. The van der Waals surface area contributed by atoms with E-state index in [4.69, 9.17) is 9.47 Å². The van der Waals surface area contributed by atoms with Crippen LogP contribution in [0.2, 0.25) is 0 Å². The molecule has 0 aromatic heterocycles. The van der Waals surface area contributed by atoms with Gasteiger partial charge in [-0.2, -0.15) is 0 Å². The van der Waals surface area contributed by atoms with Gasteiger partial charge in [-0.05, 0) is 49.3 Å². The second-order valence-electron chi connectivity index (χ2n) is 8.14. The Hall–Kier alpha value is -1.79. The Balaban J connectivity index is 1.25. The molecule has 0 radical (unpaired) electrons. The summed E-state index contributed by atoms with van der Waals surface area (Å²) >= 11 is 0. The van der Waals surface area contributed by atoms with E-state index in [1.54, 1.807) is 0 Å². The minimum absolute atomic E-state index is 0.257. The predicted octanol–water partition coefficient (Wildman–Crippen LogP) is 1.59. The van der Waals surface area contributed by atoms with Gasteiger partial charge < -0.3 is 14.8 Å². The number of ether oxygens (including phenoxy) is 2. The summed E-state index contributed by atoms with van der Waals surface area (Å²) in [4.78, 5) is 17.7. The maximum absolute atomic E-state index is 12.8. The van der Waals surface area contributed by atoms with Gasteiger partial charge in [0, 0.05) is 39.3 Å². The summed E-state index contributed by atoms with van der Waals surface area (Å²) in [5.41, 5.74) is 0.972. The van der Waals surface area contributed by atoms with Gasteiger partial charge >= 0.3 is 0 Å². The third-order valence-electron chi connectivity index (χ3n) is 6.40. The van der Waals surface area contributed by atoms with E-state index < -0.39 is 0 Å². The van der Waals surface area contributed by atoms with Gasteiger partial charge in [-0.1, -0.05) is 6.07 Å². The molecule has 1 aliphatic carbocycles. The first-order valence-corrected chi connectivity index (χ1v) is 9.87. The van der Waals surface area contributed by atoms with Crippen molar-refractivity contribution in [1.82, 2.24) is 15.1 Å². The molecule has 2 saturated heterocycles. The van der Waals surface area contributed by atoms with E-state index >= 15 is 0 Å². The van der Waals surface area contributed by atoms with Crippen LogP contribution in [0.4, 0.5) is 0 Å². The Kier molecular flexibility index (Phi) is 4.05. The highest BCUT2D eigenvalue weighted by atomic mass is 16.7. The molecule has 26 heavy (non-hydrogen) atoms. The van der Waals surface area contributed by atoms with Crippen LogP contribution < -0.4 is 14.8 Å². The van der Waals surface area contributed by atoms with Crippen LogP contribution in [0.5, 0.6) is 11.5 Å². The second kappa shape index (κ2) is 6.43. The molecule has 6 heteroatoms. The van der Waals surface area contributed by atoms with Crippen LogP contribution in [0.15, 0.2) is 18.2 Å². The van der Waals surface area contributed by atoms with Crippen LogP contribution in [0.25, 0.3) is 0 Å². The van der Waals surface area contributed by atoms with Crippen LogP contribution in [0, 0.1) is 5.92 Å². The number of piperidine rings is 1. The normalized spacial score (nSPS) is 25.5.